The average Bonchev–Trinajstić information content (AvgIpc) is 2.11. The molecule has 2 heteroatoms. The van der Waals surface area contributed by atoms with Crippen LogP contribution < -0.4 is 0 Å². The Hall–Kier alpha value is 0.310. The van der Waals surface area contributed by atoms with Crippen LogP contribution in [-0.2, 0) is 0 Å². The lowest BCUT2D eigenvalue weighted by atomic mass is 9.88. The molecule has 2 unspecified atom stereocenters. The molecule has 0 aromatic heterocycles. The van der Waals surface area contributed by atoms with Crippen molar-refractivity contribution >= 4 is 11.8 Å². The van der Waals surface area contributed by atoms with Gasteiger partial charge in [0, 0.05) is 5.25 Å². The zero-order valence-electron chi connectivity index (χ0n) is 8.88. The van der Waals surface area contributed by atoms with Crippen molar-refractivity contribution in [2.75, 3.05) is 5.75 Å². The lowest BCUT2D eigenvalue weighted by Crippen LogP contribution is -2.41. The maximum absolute atomic E-state index is 10.3. The van der Waals surface area contributed by atoms with Crippen LogP contribution in [0.15, 0.2) is 0 Å². The zero-order chi connectivity index (χ0) is 9.73. The maximum Gasteiger partial charge on any atom is 0.0763 e. The van der Waals surface area contributed by atoms with Gasteiger partial charge in [-0.15, -0.1) is 0 Å². The molecular formula is C11H22OS. The van der Waals surface area contributed by atoms with E-state index in [-0.39, 0.29) is 5.60 Å². The van der Waals surface area contributed by atoms with E-state index in [2.05, 4.69) is 13.8 Å². The van der Waals surface area contributed by atoms with Gasteiger partial charge in [0.2, 0.25) is 0 Å². The molecule has 78 valence electrons. The predicted molar refractivity (Wildman–Crippen MR) is 60.2 cm³/mol. The minimum absolute atomic E-state index is 0.349. The molecule has 1 heterocycles. The van der Waals surface area contributed by atoms with Crippen LogP contribution in [0.4, 0.5) is 0 Å². The SMILES string of the molecule is CCCCCC1(O)CCCSC1C. The Balaban J connectivity index is 2.33. The highest BCUT2D eigenvalue weighted by molar-refractivity contribution is 8.00. The van der Waals surface area contributed by atoms with Gasteiger partial charge in [-0.1, -0.05) is 33.1 Å². The highest BCUT2D eigenvalue weighted by Crippen LogP contribution is 2.37. The number of aliphatic hydroxyl groups is 1. The van der Waals surface area contributed by atoms with Crippen molar-refractivity contribution in [3.8, 4) is 0 Å². The smallest absolute Gasteiger partial charge is 0.0763 e. The lowest BCUT2D eigenvalue weighted by Gasteiger charge is -2.37. The molecule has 0 saturated carbocycles. The molecule has 0 aromatic carbocycles. The first-order chi connectivity index (χ1) is 6.19. The van der Waals surface area contributed by atoms with E-state index in [1.54, 1.807) is 0 Å². The molecule has 1 N–H and O–H groups in total. The predicted octanol–water partition coefficient (Wildman–Crippen LogP) is 3.21. The van der Waals surface area contributed by atoms with Crippen molar-refractivity contribution in [2.24, 2.45) is 0 Å². The molecule has 1 aliphatic heterocycles. The quantitative estimate of drug-likeness (QED) is 0.706. The van der Waals surface area contributed by atoms with Gasteiger partial charge in [0.05, 0.1) is 5.60 Å². The van der Waals surface area contributed by atoms with Crippen molar-refractivity contribution in [3.63, 3.8) is 0 Å². The molecule has 1 aliphatic rings. The number of unbranched alkanes of at least 4 members (excludes halogenated alkanes) is 2. The molecule has 1 nitrogen and oxygen atoms in total. The summed E-state index contributed by atoms with van der Waals surface area (Å²) in [5, 5.41) is 10.8. The van der Waals surface area contributed by atoms with Crippen LogP contribution in [0.3, 0.4) is 0 Å². The second kappa shape index (κ2) is 5.26. The maximum atomic E-state index is 10.3. The van der Waals surface area contributed by atoms with E-state index in [0.29, 0.717) is 5.25 Å². The summed E-state index contributed by atoms with van der Waals surface area (Å²) >= 11 is 1.93. The minimum Gasteiger partial charge on any atom is -0.389 e. The van der Waals surface area contributed by atoms with Crippen molar-refractivity contribution in [3.05, 3.63) is 0 Å². The first-order valence-corrected chi connectivity index (χ1v) is 6.58. The molecule has 2 atom stereocenters. The molecule has 0 aromatic rings. The van der Waals surface area contributed by atoms with Crippen LogP contribution in [0.5, 0.6) is 0 Å². The molecule has 0 bridgehead atoms. The molecular weight excluding hydrogens is 180 g/mol. The molecule has 0 radical (unpaired) electrons. The third-order valence-electron chi connectivity index (χ3n) is 3.09. The van der Waals surface area contributed by atoms with Gasteiger partial charge in [0.1, 0.15) is 0 Å². The third-order valence-corrected chi connectivity index (χ3v) is 4.55. The van der Waals surface area contributed by atoms with Crippen LogP contribution in [0.25, 0.3) is 0 Å². The second-order valence-electron chi connectivity index (χ2n) is 4.18. The van der Waals surface area contributed by atoms with E-state index in [1.807, 2.05) is 11.8 Å². The van der Waals surface area contributed by atoms with Crippen LogP contribution in [0.1, 0.15) is 52.4 Å². The summed E-state index contributed by atoms with van der Waals surface area (Å²) in [6, 6.07) is 0. The van der Waals surface area contributed by atoms with Crippen LogP contribution in [0.2, 0.25) is 0 Å². The molecule has 1 saturated heterocycles. The van der Waals surface area contributed by atoms with Gasteiger partial charge in [-0.25, -0.2) is 0 Å². The average molecular weight is 202 g/mol. The fourth-order valence-electron chi connectivity index (χ4n) is 2.01. The minimum atomic E-state index is -0.349. The van der Waals surface area contributed by atoms with Crippen LogP contribution in [0, 0.1) is 0 Å². The van der Waals surface area contributed by atoms with Gasteiger partial charge in [0.25, 0.3) is 0 Å². The van der Waals surface area contributed by atoms with E-state index < -0.39 is 0 Å². The largest absolute Gasteiger partial charge is 0.389 e. The van der Waals surface area contributed by atoms with Crippen molar-refractivity contribution in [1.29, 1.82) is 0 Å². The number of hydrogen-bond acceptors (Lipinski definition) is 2. The number of thioether (sulfide) groups is 1. The Morgan fingerprint density at radius 1 is 1.46 bits per heavy atom. The van der Waals surface area contributed by atoms with Gasteiger partial charge in [-0.3, -0.25) is 0 Å². The molecule has 1 fully saturated rings. The molecule has 13 heavy (non-hydrogen) atoms. The van der Waals surface area contributed by atoms with Gasteiger partial charge in [-0.2, -0.15) is 11.8 Å². The third kappa shape index (κ3) is 3.17. The Kier molecular flexibility index (Phi) is 4.60. The van der Waals surface area contributed by atoms with Crippen molar-refractivity contribution < 1.29 is 5.11 Å². The highest BCUT2D eigenvalue weighted by atomic mass is 32.2. The summed E-state index contributed by atoms with van der Waals surface area (Å²) in [5.74, 6) is 1.23. The van der Waals surface area contributed by atoms with Gasteiger partial charge in [0.15, 0.2) is 0 Å². The summed E-state index contributed by atoms with van der Waals surface area (Å²) in [6.07, 6.45) is 6.92. The summed E-state index contributed by atoms with van der Waals surface area (Å²) < 4.78 is 0. The van der Waals surface area contributed by atoms with Gasteiger partial charge in [-0.05, 0) is 25.0 Å². The molecule has 0 spiro atoms. The first-order valence-electron chi connectivity index (χ1n) is 5.53. The number of hydrogen-bond donors (Lipinski definition) is 1. The van der Waals surface area contributed by atoms with Crippen molar-refractivity contribution in [1.82, 2.24) is 0 Å². The topological polar surface area (TPSA) is 20.2 Å². The Labute approximate surface area is 86.3 Å². The van der Waals surface area contributed by atoms with Crippen molar-refractivity contribution in [2.45, 2.75) is 63.2 Å². The molecule has 0 aliphatic carbocycles. The summed E-state index contributed by atoms with van der Waals surface area (Å²) in [5.41, 5.74) is -0.349. The Morgan fingerprint density at radius 3 is 2.85 bits per heavy atom. The van der Waals surface area contributed by atoms with Gasteiger partial charge < -0.3 is 5.11 Å². The van der Waals surface area contributed by atoms with Gasteiger partial charge >= 0.3 is 0 Å². The fourth-order valence-corrected chi connectivity index (χ4v) is 3.22. The van der Waals surface area contributed by atoms with Crippen LogP contribution >= 0.6 is 11.8 Å². The lowest BCUT2D eigenvalue weighted by molar-refractivity contribution is 0.0185. The first kappa shape index (κ1) is 11.4. The van der Waals surface area contributed by atoms with E-state index in [0.717, 1.165) is 12.8 Å². The summed E-state index contributed by atoms with van der Waals surface area (Å²) in [7, 11) is 0. The standard InChI is InChI=1S/C11H22OS/c1-3-4-5-7-11(12)8-6-9-13-10(11)2/h10,12H,3-9H2,1-2H3. The van der Waals surface area contributed by atoms with E-state index in [4.69, 9.17) is 0 Å². The van der Waals surface area contributed by atoms with Crippen LogP contribution in [-0.4, -0.2) is 21.7 Å². The van der Waals surface area contributed by atoms with E-state index in [1.165, 1.54) is 31.4 Å². The summed E-state index contributed by atoms with van der Waals surface area (Å²) in [4.78, 5) is 0. The van der Waals surface area contributed by atoms with E-state index >= 15 is 0 Å². The highest BCUT2D eigenvalue weighted by Gasteiger charge is 2.35. The normalized spacial score (nSPS) is 34.8. The molecule has 0 amide bonds. The Bertz CT molecular complexity index is 149. The fraction of sp³-hybridized carbons (Fsp3) is 1.00. The monoisotopic (exact) mass is 202 g/mol. The zero-order valence-corrected chi connectivity index (χ0v) is 9.70. The summed E-state index contributed by atoms with van der Waals surface area (Å²) in [6.45, 7) is 4.39. The second-order valence-corrected chi connectivity index (χ2v) is 5.63. The molecule has 1 rings (SSSR count). The van der Waals surface area contributed by atoms with E-state index in [9.17, 15) is 5.11 Å². The Morgan fingerprint density at radius 2 is 2.23 bits per heavy atom. The number of rotatable bonds is 4.